The molecule has 2 aromatic carbocycles. The predicted molar refractivity (Wildman–Crippen MR) is 109 cm³/mol. The topological polar surface area (TPSA) is 95.2 Å². The Balaban J connectivity index is 2.43. The molecule has 3 aromatic rings. The van der Waals surface area contributed by atoms with Gasteiger partial charge >= 0.3 is 11.9 Å². The molecule has 1 aromatic heterocycles. The number of H-pyrrole nitrogens is 2. The van der Waals surface area contributed by atoms with Crippen molar-refractivity contribution < 1.29 is 27.4 Å². The van der Waals surface area contributed by atoms with E-state index < -0.39 is 46.5 Å². The van der Waals surface area contributed by atoms with Crippen LogP contribution in [0.2, 0.25) is 5.02 Å². The third kappa shape index (κ3) is 4.79. The maximum Gasteiger partial charge on any atom is 0.417 e. The molecule has 0 aliphatic carbocycles. The number of ether oxygens (including phenoxy) is 1. The van der Waals surface area contributed by atoms with Gasteiger partial charge in [0.1, 0.15) is 5.82 Å². The Bertz CT molecular complexity index is 1240. The van der Waals surface area contributed by atoms with Crippen LogP contribution in [0.15, 0.2) is 38.8 Å². The molecule has 0 saturated carbocycles. The van der Waals surface area contributed by atoms with Crippen LogP contribution in [0.25, 0.3) is 22.0 Å². The maximum absolute atomic E-state index is 14.0. The minimum Gasteiger partial charge on any atom is -0.394 e. The Kier molecular flexibility index (Phi) is 6.79. The van der Waals surface area contributed by atoms with E-state index in [0.29, 0.717) is 6.07 Å². The van der Waals surface area contributed by atoms with Gasteiger partial charge in [0.05, 0.1) is 34.2 Å². The fraction of sp³-hybridized carbons (Fsp3) is 0.263. The molecule has 3 N–H and O–H groups in total. The number of aliphatic hydroxyl groups is 1. The largest absolute Gasteiger partial charge is 0.417 e. The van der Waals surface area contributed by atoms with E-state index in [4.69, 9.17) is 16.3 Å². The minimum absolute atomic E-state index is 0.000166. The number of fused-ring (bicyclic) bond motifs is 1. The lowest BCUT2D eigenvalue weighted by Gasteiger charge is -2.20. The number of aliphatic hydroxyl groups excluding tert-OH is 1. The second kappa shape index (κ2) is 9.03. The summed E-state index contributed by atoms with van der Waals surface area (Å²) >= 11 is 6.64. The molecule has 0 unspecified atom stereocenters. The molecule has 31 heavy (non-hydrogen) atoms. The molecule has 0 aliphatic heterocycles. The lowest BCUT2D eigenvalue weighted by molar-refractivity contribution is -0.137. The fourth-order valence-corrected chi connectivity index (χ4v) is 4.41. The van der Waals surface area contributed by atoms with Gasteiger partial charge in [-0.25, -0.2) is 9.18 Å². The van der Waals surface area contributed by atoms with Gasteiger partial charge < -0.3 is 14.8 Å². The van der Waals surface area contributed by atoms with E-state index >= 15 is 0 Å². The van der Waals surface area contributed by atoms with Crippen LogP contribution in [0.4, 0.5) is 17.6 Å². The van der Waals surface area contributed by atoms with Crippen molar-refractivity contribution in [3.05, 3.63) is 61.5 Å². The van der Waals surface area contributed by atoms with Gasteiger partial charge in [-0.15, -0.1) is 11.8 Å². The van der Waals surface area contributed by atoms with E-state index in [1.165, 1.54) is 7.11 Å². The van der Waals surface area contributed by atoms with Crippen LogP contribution < -0.4 is 11.2 Å². The van der Waals surface area contributed by atoms with Crippen molar-refractivity contribution in [1.82, 2.24) is 9.97 Å². The third-order valence-electron chi connectivity index (χ3n) is 4.46. The van der Waals surface area contributed by atoms with E-state index in [1.54, 1.807) is 0 Å². The van der Waals surface area contributed by atoms with Crippen LogP contribution >= 0.6 is 23.4 Å². The molecule has 0 aliphatic rings. The van der Waals surface area contributed by atoms with Gasteiger partial charge in [-0.1, -0.05) is 17.7 Å². The molecule has 0 fully saturated rings. The van der Waals surface area contributed by atoms with E-state index in [9.17, 15) is 32.3 Å². The molecular formula is C19H15ClF4N2O4S. The van der Waals surface area contributed by atoms with Crippen LogP contribution in [-0.2, 0) is 10.9 Å². The highest BCUT2D eigenvalue weighted by Crippen LogP contribution is 2.45. The Morgan fingerprint density at radius 1 is 1.23 bits per heavy atom. The lowest BCUT2D eigenvalue weighted by atomic mass is 9.97. The first-order valence-corrected chi connectivity index (χ1v) is 10.1. The maximum atomic E-state index is 14.0. The van der Waals surface area contributed by atoms with Crippen molar-refractivity contribution in [2.75, 3.05) is 19.5 Å². The molecule has 6 nitrogen and oxygen atoms in total. The molecule has 3 rings (SSSR count). The molecule has 12 heteroatoms. The molecule has 0 radical (unpaired) electrons. The number of hydrogen-bond acceptors (Lipinski definition) is 5. The van der Waals surface area contributed by atoms with Crippen molar-refractivity contribution >= 4 is 34.3 Å². The van der Waals surface area contributed by atoms with Crippen LogP contribution in [-0.4, -0.2) is 40.6 Å². The first kappa shape index (κ1) is 23.3. The summed E-state index contributed by atoms with van der Waals surface area (Å²) in [4.78, 5) is 28.3. The quantitative estimate of drug-likeness (QED) is 0.370. The molecule has 166 valence electrons. The van der Waals surface area contributed by atoms with Gasteiger partial charge in [-0.2, -0.15) is 13.2 Å². The summed E-state index contributed by atoms with van der Waals surface area (Å²) in [5.41, 5.74) is -3.66. The van der Waals surface area contributed by atoms with Crippen molar-refractivity contribution in [3.63, 3.8) is 0 Å². The first-order valence-electron chi connectivity index (χ1n) is 8.69. The predicted octanol–water partition coefficient (Wildman–Crippen LogP) is 3.79. The number of methoxy groups -OCH3 is 1. The van der Waals surface area contributed by atoms with E-state index in [1.807, 2.05) is 4.98 Å². The van der Waals surface area contributed by atoms with E-state index in [2.05, 4.69) is 4.98 Å². The summed E-state index contributed by atoms with van der Waals surface area (Å²) < 4.78 is 60.7. The minimum atomic E-state index is -4.89. The number of nitrogens with one attached hydrogen (secondary N) is 2. The second-order valence-electron chi connectivity index (χ2n) is 6.44. The number of hydrogen-bond donors (Lipinski definition) is 3. The van der Waals surface area contributed by atoms with Crippen molar-refractivity contribution in [2.24, 2.45) is 0 Å². The fourth-order valence-electron chi connectivity index (χ4n) is 2.95. The molecule has 1 atom stereocenters. The number of halogens is 5. The molecular weight excluding hydrogens is 464 g/mol. The van der Waals surface area contributed by atoms with E-state index in [0.717, 1.165) is 30.0 Å². The number of aromatic nitrogens is 2. The highest BCUT2D eigenvalue weighted by atomic mass is 35.5. The smallest absolute Gasteiger partial charge is 0.394 e. The summed E-state index contributed by atoms with van der Waals surface area (Å²) in [7, 11) is 1.32. The zero-order chi connectivity index (χ0) is 22.9. The Labute approximate surface area is 181 Å². The van der Waals surface area contributed by atoms with Crippen LogP contribution in [0, 0.1) is 5.82 Å². The van der Waals surface area contributed by atoms with Gasteiger partial charge in [0.2, 0.25) is 0 Å². The van der Waals surface area contributed by atoms with Crippen LogP contribution in [0.3, 0.4) is 0 Å². The van der Waals surface area contributed by atoms with Crippen LogP contribution in [0.5, 0.6) is 0 Å². The number of rotatable bonds is 6. The number of aromatic amines is 2. The molecule has 1 heterocycles. The zero-order valence-corrected chi connectivity index (χ0v) is 17.3. The first-order chi connectivity index (χ1) is 14.6. The summed E-state index contributed by atoms with van der Waals surface area (Å²) in [5, 5.41) is 8.57. The average Bonchev–Trinajstić information content (AvgIpc) is 2.69. The average molecular weight is 479 g/mol. The van der Waals surface area contributed by atoms with Gasteiger partial charge in [-0.05, 0) is 23.8 Å². The monoisotopic (exact) mass is 478 g/mol. The summed E-state index contributed by atoms with van der Waals surface area (Å²) in [5.74, 6) is -0.821. The highest BCUT2D eigenvalue weighted by molar-refractivity contribution is 7.99. The normalized spacial score (nSPS) is 13.0. The Hall–Kier alpha value is -2.34. The number of benzene rings is 2. The van der Waals surface area contributed by atoms with Crippen molar-refractivity contribution in [1.29, 1.82) is 0 Å². The van der Waals surface area contributed by atoms with Crippen LogP contribution in [0.1, 0.15) is 5.56 Å². The SMILES string of the molecule is CO[C@H](CO)CSc1c(-c2ccc(F)c(Cl)c2)c(C(F)(F)F)cc2c(=O)[nH]c(=O)[nH]c12. The van der Waals surface area contributed by atoms with Gasteiger partial charge in [-0.3, -0.25) is 9.78 Å². The molecule has 0 bridgehead atoms. The Morgan fingerprint density at radius 3 is 2.52 bits per heavy atom. The molecule has 0 saturated heterocycles. The van der Waals surface area contributed by atoms with E-state index in [-0.39, 0.29) is 32.7 Å². The molecule has 0 spiro atoms. The van der Waals surface area contributed by atoms with Crippen molar-refractivity contribution in [3.8, 4) is 11.1 Å². The second-order valence-corrected chi connectivity index (χ2v) is 7.87. The zero-order valence-electron chi connectivity index (χ0n) is 15.8. The lowest BCUT2D eigenvalue weighted by Crippen LogP contribution is -2.24. The summed E-state index contributed by atoms with van der Waals surface area (Å²) in [6.45, 7) is -0.408. The molecule has 0 amide bonds. The summed E-state index contributed by atoms with van der Waals surface area (Å²) in [6.07, 6.45) is -5.62. The Morgan fingerprint density at radius 2 is 1.94 bits per heavy atom. The van der Waals surface area contributed by atoms with Crippen molar-refractivity contribution in [2.45, 2.75) is 17.2 Å². The highest BCUT2D eigenvalue weighted by Gasteiger charge is 2.37. The standard InChI is InChI=1S/C19H15ClF4N2O4S/c1-30-9(6-27)7-31-16-14(8-2-3-13(21)12(20)4-8)11(19(22,23)24)5-10-15(16)25-18(29)26-17(10)28/h2-5,9,27H,6-7H2,1H3,(H2,25,26,28,29)/t9-/m1/s1. The van der Waals surface area contributed by atoms with Gasteiger partial charge in [0.25, 0.3) is 5.56 Å². The van der Waals surface area contributed by atoms with Gasteiger partial charge in [0, 0.05) is 23.3 Å². The number of thioether (sulfide) groups is 1. The number of alkyl halides is 3. The summed E-state index contributed by atoms with van der Waals surface area (Å²) in [6, 6.07) is 3.69. The third-order valence-corrected chi connectivity index (χ3v) is 5.98. The van der Waals surface area contributed by atoms with Gasteiger partial charge in [0.15, 0.2) is 0 Å².